The summed E-state index contributed by atoms with van der Waals surface area (Å²) in [5.74, 6) is 3.15. The number of para-hydroxylation sites is 1. The predicted octanol–water partition coefficient (Wildman–Crippen LogP) is 4.54. The number of hydrogen-bond donors (Lipinski definition) is 0. The van der Waals surface area contributed by atoms with Crippen molar-refractivity contribution in [1.29, 1.82) is 0 Å². The van der Waals surface area contributed by atoms with Gasteiger partial charge in [0.15, 0.2) is 11.0 Å². The highest BCUT2D eigenvalue weighted by Crippen LogP contribution is 2.29. The standard InChI is InChI=1S/C24H28N4O2S/c1-17-13-18(2)15-27(14-17)22(29)16-31-24-26-25-23(19-9-11-21(30-3)12-10-19)28(24)20-7-5-4-6-8-20/h4-12,17-18H,13-16H2,1-3H3. The van der Waals surface area contributed by atoms with E-state index in [1.807, 2.05) is 64.1 Å². The number of carbonyl (C=O) groups excluding carboxylic acids is 1. The molecule has 6 nitrogen and oxygen atoms in total. The molecule has 2 atom stereocenters. The molecule has 2 heterocycles. The van der Waals surface area contributed by atoms with Crippen molar-refractivity contribution < 1.29 is 9.53 Å². The third kappa shape index (κ3) is 4.93. The second kappa shape index (κ2) is 9.56. The van der Waals surface area contributed by atoms with Gasteiger partial charge in [0.25, 0.3) is 0 Å². The molecule has 1 aliphatic heterocycles. The van der Waals surface area contributed by atoms with Crippen molar-refractivity contribution in [3.63, 3.8) is 0 Å². The Balaban J connectivity index is 1.59. The molecule has 2 aromatic carbocycles. The van der Waals surface area contributed by atoms with Crippen molar-refractivity contribution in [3.8, 4) is 22.8 Å². The van der Waals surface area contributed by atoms with Crippen LogP contribution in [0.1, 0.15) is 20.3 Å². The van der Waals surface area contributed by atoms with Crippen LogP contribution < -0.4 is 4.74 Å². The molecule has 0 aliphatic carbocycles. The average molecular weight is 437 g/mol. The van der Waals surface area contributed by atoms with Crippen LogP contribution >= 0.6 is 11.8 Å². The van der Waals surface area contributed by atoms with Crippen LogP contribution in [-0.4, -0.2) is 51.5 Å². The molecule has 0 spiro atoms. The second-order valence-electron chi connectivity index (χ2n) is 8.24. The smallest absolute Gasteiger partial charge is 0.233 e. The highest BCUT2D eigenvalue weighted by molar-refractivity contribution is 7.99. The average Bonchev–Trinajstić information content (AvgIpc) is 3.21. The number of thioether (sulfide) groups is 1. The molecule has 162 valence electrons. The maximum atomic E-state index is 12.9. The number of aromatic nitrogens is 3. The third-order valence-corrected chi connectivity index (χ3v) is 6.46. The summed E-state index contributed by atoms with van der Waals surface area (Å²) in [6.07, 6.45) is 1.18. The Kier molecular flexibility index (Phi) is 6.61. The van der Waals surface area contributed by atoms with E-state index in [-0.39, 0.29) is 5.91 Å². The van der Waals surface area contributed by atoms with Crippen LogP contribution in [0.4, 0.5) is 0 Å². The van der Waals surface area contributed by atoms with E-state index in [1.165, 1.54) is 18.2 Å². The molecule has 1 aromatic heterocycles. The topological polar surface area (TPSA) is 60.3 Å². The Hall–Kier alpha value is -2.80. The molecule has 0 bridgehead atoms. The predicted molar refractivity (Wildman–Crippen MR) is 124 cm³/mol. The molecule has 3 aromatic rings. The van der Waals surface area contributed by atoms with Crippen molar-refractivity contribution in [1.82, 2.24) is 19.7 Å². The summed E-state index contributed by atoms with van der Waals surface area (Å²) in [4.78, 5) is 14.9. The van der Waals surface area contributed by atoms with Crippen molar-refractivity contribution in [2.75, 3.05) is 26.0 Å². The van der Waals surface area contributed by atoms with E-state index in [0.29, 0.717) is 22.7 Å². The van der Waals surface area contributed by atoms with Gasteiger partial charge in [0.05, 0.1) is 12.9 Å². The molecular formula is C24H28N4O2S. The minimum Gasteiger partial charge on any atom is -0.497 e. The van der Waals surface area contributed by atoms with E-state index in [1.54, 1.807) is 7.11 Å². The Morgan fingerprint density at radius 2 is 1.71 bits per heavy atom. The summed E-state index contributed by atoms with van der Waals surface area (Å²) < 4.78 is 7.29. The SMILES string of the molecule is COc1ccc(-c2nnc(SCC(=O)N3CC(C)CC(C)C3)n2-c2ccccc2)cc1. The number of nitrogens with zero attached hydrogens (tertiary/aromatic N) is 4. The second-order valence-corrected chi connectivity index (χ2v) is 9.18. The van der Waals surface area contributed by atoms with Gasteiger partial charge in [0, 0.05) is 24.3 Å². The maximum absolute atomic E-state index is 12.9. The zero-order chi connectivity index (χ0) is 21.8. The van der Waals surface area contributed by atoms with Crippen LogP contribution in [0.25, 0.3) is 17.1 Å². The number of hydrogen-bond acceptors (Lipinski definition) is 5. The highest BCUT2D eigenvalue weighted by atomic mass is 32.2. The van der Waals surface area contributed by atoms with Crippen LogP contribution in [0.3, 0.4) is 0 Å². The number of amides is 1. The molecule has 2 unspecified atom stereocenters. The summed E-state index contributed by atoms with van der Waals surface area (Å²) in [5, 5.41) is 9.60. The van der Waals surface area contributed by atoms with Gasteiger partial charge in [0.1, 0.15) is 5.75 Å². The number of likely N-dealkylation sites (tertiary alicyclic amines) is 1. The molecule has 1 amide bonds. The first-order chi connectivity index (χ1) is 15.0. The monoisotopic (exact) mass is 436 g/mol. The molecular weight excluding hydrogens is 408 g/mol. The Labute approximate surface area is 187 Å². The molecule has 1 saturated heterocycles. The normalized spacial score (nSPS) is 18.7. The van der Waals surface area contributed by atoms with E-state index in [9.17, 15) is 4.79 Å². The van der Waals surface area contributed by atoms with Crippen LogP contribution in [-0.2, 0) is 4.79 Å². The molecule has 4 rings (SSSR count). The summed E-state index contributed by atoms with van der Waals surface area (Å²) in [5.41, 5.74) is 1.91. The van der Waals surface area contributed by atoms with E-state index >= 15 is 0 Å². The summed E-state index contributed by atoms with van der Waals surface area (Å²) >= 11 is 1.44. The largest absolute Gasteiger partial charge is 0.497 e. The number of carbonyl (C=O) groups is 1. The molecule has 7 heteroatoms. The fourth-order valence-electron chi connectivity index (χ4n) is 4.18. The van der Waals surface area contributed by atoms with Crippen molar-refractivity contribution >= 4 is 17.7 Å². The van der Waals surface area contributed by atoms with Crippen LogP contribution in [0.5, 0.6) is 5.75 Å². The molecule has 0 N–H and O–H groups in total. The van der Waals surface area contributed by atoms with Crippen LogP contribution in [0, 0.1) is 11.8 Å². The molecule has 1 aliphatic rings. The first-order valence-corrected chi connectivity index (χ1v) is 11.6. The first kappa shape index (κ1) is 21.4. The van der Waals surface area contributed by atoms with Gasteiger partial charge >= 0.3 is 0 Å². The summed E-state index contributed by atoms with van der Waals surface area (Å²) in [6, 6.07) is 17.8. The lowest BCUT2D eigenvalue weighted by Gasteiger charge is -2.34. The maximum Gasteiger partial charge on any atom is 0.233 e. The van der Waals surface area contributed by atoms with E-state index < -0.39 is 0 Å². The Morgan fingerprint density at radius 1 is 1.03 bits per heavy atom. The van der Waals surface area contributed by atoms with Gasteiger partial charge in [-0.3, -0.25) is 9.36 Å². The number of piperidine rings is 1. The van der Waals surface area contributed by atoms with Crippen molar-refractivity contribution in [2.45, 2.75) is 25.4 Å². The van der Waals surface area contributed by atoms with Crippen LogP contribution in [0.2, 0.25) is 0 Å². The fraction of sp³-hybridized carbons (Fsp3) is 0.375. The lowest BCUT2D eigenvalue weighted by Crippen LogP contribution is -2.43. The van der Waals surface area contributed by atoms with Gasteiger partial charge < -0.3 is 9.64 Å². The molecule has 0 radical (unpaired) electrons. The van der Waals surface area contributed by atoms with E-state index in [2.05, 4.69) is 24.0 Å². The van der Waals surface area contributed by atoms with Gasteiger partial charge in [-0.15, -0.1) is 10.2 Å². The minimum absolute atomic E-state index is 0.164. The minimum atomic E-state index is 0.164. The first-order valence-electron chi connectivity index (χ1n) is 10.6. The number of benzene rings is 2. The molecule has 31 heavy (non-hydrogen) atoms. The lowest BCUT2D eigenvalue weighted by molar-refractivity contribution is -0.130. The van der Waals surface area contributed by atoms with Gasteiger partial charge in [-0.05, 0) is 54.7 Å². The van der Waals surface area contributed by atoms with Crippen molar-refractivity contribution in [2.24, 2.45) is 11.8 Å². The summed E-state index contributed by atoms with van der Waals surface area (Å²) in [7, 11) is 1.65. The molecule has 1 fully saturated rings. The zero-order valence-corrected chi connectivity index (χ0v) is 19.0. The van der Waals surface area contributed by atoms with Gasteiger partial charge in [0.2, 0.25) is 5.91 Å². The molecule has 0 saturated carbocycles. The van der Waals surface area contributed by atoms with Gasteiger partial charge in [-0.2, -0.15) is 0 Å². The van der Waals surface area contributed by atoms with E-state index in [0.717, 1.165) is 35.9 Å². The zero-order valence-electron chi connectivity index (χ0n) is 18.2. The van der Waals surface area contributed by atoms with Gasteiger partial charge in [-0.25, -0.2) is 0 Å². The Morgan fingerprint density at radius 3 is 2.35 bits per heavy atom. The number of ether oxygens (including phenoxy) is 1. The fourth-order valence-corrected chi connectivity index (χ4v) is 5.04. The van der Waals surface area contributed by atoms with Gasteiger partial charge in [-0.1, -0.05) is 43.8 Å². The van der Waals surface area contributed by atoms with Crippen LogP contribution in [0.15, 0.2) is 59.8 Å². The van der Waals surface area contributed by atoms with E-state index in [4.69, 9.17) is 4.74 Å². The third-order valence-electron chi connectivity index (χ3n) is 5.54. The number of methoxy groups -OCH3 is 1. The highest BCUT2D eigenvalue weighted by Gasteiger charge is 2.26. The summed E-state index contributed by atoms with van der Waals surface area (Å²) in [6.45, 7) is 6.12. The number of rotatable bonds is 6. The van der Waals surface area contributed by atoms with Crippen molar-refractivity contribution in [3.05, 3.63) is 54.6 Å². The quantitative estimate of drug-likeness (QED) is 0.531. The lowest BCUT2D eigenvalue weighted by atomic mass is 9.92. The Bertz CT molecular complexity index is 1010.